The maximum absolute atomic E-state index is 12.9. The predicted octanol–water partition coefficient (Wildman–Crippen LogP) is 4.30. The highest BCUT2D eigenvalue weighted by Gasteiger charge is 2.21. The maximum atomic E-state index is 12.9. The van der Waals surface area contributed by atoms with E-state index in [2.05, 4.69) is 14.9 Å². The van der Waals surface area contributed by atoms with Crippen LogP contribution in [0.25, 0.3) is 11.0 Å². The highest BCUT2D eigenvalue weighted by atomic mass is 32.2. The van der Waals surface area contributed by atoms with Gasteiger partial charge < -0.3 is 9.88 Å². The Labute approximate surface area is 200 Å². The summed E-state index contributed by atoms with van der Waals surface area (Å²) in [5, 5.41) is 2.93. The number of hydrogen-bond donors (Lipinski definition) is 1. The average molecular weight is 477 g/mol. The lowest BCUT2D eigenvalue weighted by molar-refractivity contribution is 0.0953. The highest BCUT2D eigenvalue weighted by Crippen LogP contribution is 2.23. The number of hydrogen-bond acceptors (Lipinski definition) is 4. The van der Waals surface area contributed by atoms with E-state index in [9.17, 15) is 13.2 Å². The number of aromatic nitrogens is 2. The van der Waals surface area contributed by atoms with Gasteiger partial charge in [0.05, 0.1) is 21.6 Å². The first-order valence-electron chi connectivity index (χ1n) is 11.1. The molecule has 4 aromatic rings. The number of benzene rings is 3. The Balaban J connectivity index is 1.34. The van der Waals surface area contributed by atoms with Gasteiger partial charge in [0.15, 0.2) is 0 Å². The Kier molecular flexibility index (Phi) is 6.70. The van der Waals surface area contributed by atoms with Gasteiger partial charge in [0, 0.05) is 25.7 Å². The molecule has 1 heterocycles. The van der Waals surface area contributed by atoms with Crippen LogP contribution in [0.15, 0.2) is 77.7 Å². The second-order valence-corrected chi connectivity index (χ2v) is 10.2. The Hall–Kier alpha value is -3.65. The largest absolute Gasteiger partial charge is 0.352 e. The van der Waals surface area contributed by atoms with Crippen LogP contribution in [0.3, 0.4) is 0 Å². The summed E-state index contributed by atoms with van der Waals surface area (Å²) in [5.74, 6) is 0.760. The van der Waals surface area contributed by atoms with E-state index in [1.807, 2.05) is 38.1 Å². The smallest absolute Gasteiger partial charge is 0.264 e. The van der Waals surface area contributed by atoms with E-state index < -0.39 is 10.0 Å². The maximum Gasteiger partial charge on any atom is 0.264 e. The van der Waals surface area contributed by atoms with Gasteiger partial charge in [-0.2, -0.15) is 0 Å². The number of imidazole rings is 1. The molecule has 0 spiro atoms. The van der Waals surface area contributed by atoms with Gasteiger partial charge in [-0.1, -0.05) is 29.8 Å². The molecule has 4 rings (SSSR count). The number of amides is 1. The van der Waals surface area contributed by atoms with Gasteiger partial charge in [-0.15, -0.1) is 0 Å². The van der Waals surface area contributed by atoms with Gasteiger partial charge in [-0.3, -0.25) is 9.10 Å². The standard InChI is InChI=1S/C26H28N4O3S/c1-19-9-15-23(16-10-19)34(32,33)29(3)22-13-11-21(12-14-22)26(31)27-17-6-18-30-20(2)28-24-7-4-5-8-25(24)30/h4-5,7-16H,6,17-18H2,1-3H3,(H,27,31). The van der Waals surface area contributed by atoms with E-state index in [1.165, 1.54) is 11.4 Å². The number of aryl methyl sites for hydroxylation is 3. The van der Waals surface area contributed by atoms with Crippen molar-refractivity contribution < 1.29 is 13.2 Å². The van der Waals surface area contributed by atoms with Crippen LogP contribution in [0.4, 0.5) is 5.69 Å². The van der Waals surface area contributed by atoms with Crippen molar-refractivity contribution >= 4 is 32.7 Å². The van der Waals surface area contributed by atoms with Crippen molar-refractivity contribution in [3.8, 4) is 0 Å². The Morgan fingerprint density at radius 1 is 0.971 bits per heavy atom. The average Bonchev–Trinajstić information content (AvgIpc) is 3.16. The number of fused-ring (bicyclic) bond motifs is 1. The molecule has 0 radical (unpaired) electrons. The Bertz CT molecular complexity index is 1410. The zero-order chi connectivity index (χ0) is 24.3. The molecule has 1 amide bonds. The van der Waals surface area contributed by atoms with Crippen molar-refractivity contribution in [3.05, 3.63) is 89.7 Å². The molecule has 7 nitrogen and oxygen atoms in total. The lowest BCUT2D eigenvalue weighted by Crippen LogP contribution is -2.27. The predicted molar refractivity (Wildman–Crippen MR) is 135 cm³/mol. The summed E-state index contributed by atoms with van der Waals surface area (Å²) in [5.41, 5.74) is 4.02. The minimum atomic E-state index is -3.67. The van der Waals surface area contributed by atoms with Gasteiger partial charge in [0.25, 0.3) is 15.9 Å². The van der Waals surface area contributed by atoms with Crippen molar-refractivity contribution in [1.29, 1.82) is 0 Å². The molecule has 1 N–H and O–H groups in total. The monoisotopic (exact) mass is 476 g/mol. The topological polar surface area (TPSA) is 84.3 Å². The normalized spacial score (nSPS) is 11.5. The summed E-state index contributed by atoms with van der Waals surface area (Å²) in [7, 11) is -2.17. The molecule has 0 atom stereocenters. The van der Waals surface area contributed by atoms with Crippen LogP contribution in [0.2, 0.25) is 0 Å². The molecule has 0 saturated heterocycles. The second-order valence-electron chi connectivity index (χ2n) is 8.24. The van der Waals surface area contributed by atoms with Crippen molar-refractivity contribution in [2.45, 2.75) is 31.7 Å². The van der Waals surface area contributed by atoms with Crippen LogP contribution in [-0.4, -0.2) is 37.5 Å². The summed E-state index contributed by atoms with van der Waals surface area (Å²) in [6.45, 7) is 5.17. The van der Waals surface area contributed by atoms with Gasteiger partial charge in [0.2, 0.25) is 0 Å². The molecule has 0 aliphatic rings. The van der Waals surface area contributed by atoms with E-state index in [-0.39, 0.29) is 10.8 Å². The van der Waals surface area contributed by atoms with Gasteiger partial charge in [-0.25, -0.2) is 13.4 Å². The number of anilines is 1. The minimum Gasteiger partial charge on any atom is -0.352 e. The first-order valence-corrected chi connectivity index (χ1v) is 12.6. The molecule has 0 fully saturated rings. The van der Waals surface area contributed by atoms with Crippen molar-refractivity contribution in [2.24, 2.45) is 0 Å². The number of sulfonamides is 1. The van der Waals surface area contributed by atoms with Crippen LogP contribution in [0.1, 0.15) is 28.2 Å². The fourth-order valence-electron chi connectivity index (χ4n) is 3.85. The first-order chi connectivity index (χ1) is 16.3. The molecular weight excluding hydrogens is 448 g/mol. The van der Waals surface area contributed by atoms with Crippen molar-refractivity contribution in [2.75, 3.05) is 17.9 Å². The van der Waals surface area contributed by atoms with Crippen LogP contribution < -0.4 is 9.62 Å². The molecular formula is C26H28N4O3S. The quantitative estimate of drug-likeness (QED) is 0.384. The third-order valence-electron chi connectivity index (χ3n) is 5.86. The number of nitrogens with one attached hydrogen (secondary N) is 1. The van der Waals surface area contributed by atoms with Gasteiger partial charge in [0.1, 0.15) is 5.82 Å². The van der Waals surface area contributed by atoms with Crippen LogP contribution in [-0.2, 0) is 16.6 Å². The van der Waals surface area contributed by atoms with E-state index in [0.29, 0.717) is 17.8 Å². The number of carbonyl (C=O) groups excluding carboxylic acids is 1. The third kappa shape index (κ3) is 4.82. The summed E-state index contributed by atoms with van der Waals surface area (Å²) in [6, 6.07) is 21.3. The van der Waals surface area contributed by atoms with E-state index in [4.69, 9.17) is 0 Å². The molecule has 0 saturated carbocycles. The van der Waals surface area contributed by atoms with Crippen LogP contribution in [0.5, 0.6) is 0 Å². The number of nitrogens with zero attached hydrogens (tertiary/aromatic N) is 3. The Morgan fingerprint density at radius 2 is 1.65 bits per heavy atom. The SMILES string of the molecule is Cc1ccc(S(=O)(=O)N(C)c2ccc(C(=O)NCCCn3c(C)nc4ccccc43)cc2)cc1. The molecule has 34 heavy (non-hydrogen) atoms. The zero-order valence-electron chi connectivity index (χ0n) is 19.5. The summed E-state index contributed by atoms with van der Waals surface area (Å²) in [6.07, 6.45) is 0.766. The summed E-state index contributed by atoms with van der Waals surface area (Å²) in [4.78, 5) is 17.3. The Morgan fingerprint density at radius 3 is 2.35 bits per heavy atom. The highest BCUT2D eigenvalue weighted by molar-refractivity contribution is 7.92. The fourth-order valence-corrected chi connectivity index (χ4v) is 5.04. The van der Waals surface area contributed by atoms with Gasteiger partial charge >= 0.3 is 0 Å². The van der Waals surface area contributed by atoms with Crippen molar-refractivity contribution in [1.82, 2.24) is 14.9 Å². The summed E-state index contributed by atoms with van der Waals surface area (Å²) < 4.78 is 29.1. The lowest BCUT2D eigenvalue weighted by atomic mass is 10.2. The summed E-state index contributed by atoms with van der Waals surface area (Å²) >= 11 is 0. The fraction of sp³-hybridized carbons (Fsp3) is 0.231. The van der Waals surface area contributed by atoms with E-state index >= 15 is 0 Å². The minimum absolute atomic E-state index is 0.192. The second kappa shape index (κ2) is 9.69. The number of rotatable bonds is 8. The molecule has 1 aromatic heterocycles. The lowest BCUT2D eigenvalue weighted by Gasteiger charge is -2.20. The van der Waals surface area contributed by atoms with Crippen molar-refractivity contribution in [3.63, 3.8) is 0 Å². The number of para-hydroxylation sites is 2. The van der Waals surface area contributed by atoms with E-state index in [1.54, 1.807) is 48.5 Å². The molecule has 0 unspecified atom stereocenters. The molecule has 0 bridgehead atoms. The van der Waals surface area contributed by atoms with E-state index in [0.717, 1.165) is 35.4 Å². The molecule has 0 aliphatic heterocycles. The van der Waals surface area contributed by atoms with Crippen LogP contribution in [0, 0.1) is 13.8 Å². The molecule has 3 aromatic carbocycles. The molecule has 0 aliphatic carbocycles. The zero-order valence-corrected chi connectivity index (χ0v) is 20.3. The first kappa shape index (κ1) is 23.5. The number of carbonyl (C=O) groups is 1. The molecule has 176 valence electrons. The third-order valence-corrected chi connectivity index (χ3v) is 7.66. The van der Waals surface area contributed by atoms with Gasteiger partial charge in [-0.05, 0) is 68.8 Å². The molecule has 8 heteroatoms. The van der Waals surface area contributed by atoms with Crippen LogP contribution >= 0.6 is 0 Å².